The second kappa shape index (κ2) is 8.43. The molecule has 1 N–H and O–H groups in total. The molecule has 1 aliphatic rings. The molecule has 0 saturated heterocycles. The fourth-order valence-electron chi connectivity index (χ4n) is 3.50. The number of ether oxygens (including phenoxy) is 1. The first-order valence-corrected chi connectivity index (χ1v) is 11.4. The average molecular weight is 452 g/mol. The molecule has 2 aromatic carbocycles. The van der Waals surface area contributed by atoms with E-state index in [4.69, 9.17) is 4.74 Å². The van der Waals surface area contributed by atoms with E-state index >= 15 is 0 Å². The van der Waals surface area contributed by atoms with Crippen LogP contribution >= 0.6 is 0 Å². The van der Waals surface area contributed by atoms with Crippen molar-refractivity contribution in [2.45, 2.75) is 18.2 Å². The summed E-state index contributed by atoms with van der Waals surface area (Å²) in [5.74, 6) is -0.360. The van der Waals surface area contributed by atoms with Crippen LogP contribution in [-0.2, 0) is 16.4 Å². The van der Waals surface area contributed by atoms with Crippen molar-refractivity contribution in [2.24, 2.45) is 0 Å². The van der Waals surface area contributed by atoms with E-state index in [1.807, 2.05) is 13.0 Å². The number of aryl methyl sites for hydroxylation is 1. The molecule has 8 nitrogen and oxygen atoms in total. The number of methoxy groups -OCH3 is 1. The molecule has 0 aliphatic carbocycles. The molecule has 164 valence electrons. The van der Waals surface area contributed by atoms with Crippen molar-refractivity contribution >= 4 is 27.5 Å². The number of anilines is 1. The molecule has 1 aliphatic heterocycles. The highest BCUT2D eigenvalue weighted by Gasteiger charge is 2.36. The Morgan fingerprint density at radius 2 is 1.78 bits per heavy atom. The van der Waals surface area contributed by atoms with Crippen molar-refractivity contribution in [3.63, 3.8) is 0 Å². The summed E-state index contributed by atoms with van der Waals surface area (Å²) < 4.78 is 33.4. The Hall–Kier alpha value is -3.72. The van der Waals surface area contributed by atoms with Crippen LogP contribution in [0.25, 0.3) is 0 Å². The fourth-order valence-corrected chi connectivity index (χ4v) is 4.56. The third kappa shape index (κ3) is 4.06. The SMILES string of the molecule is COc1ccc(C)cc1NS(=O)(=O)c1ccc(CCN2C(=O)c3cccnc3C2=O)cc1. The quantitative estimate of drug-likeness (QED) is 0.554. The number of hydrogen-bond acceptors (Lipinski definition) is 6. The highest BCUT2D eigenvalue weighted by molar-refractivity contribution is 7.92. The van der Waals surface area contributed by atoms with Gasteiger partial charge in [-0.3, -0.25) is 24.2 Å². The molecule has 9 heteroatoms. The van der Waals surface area contributed by atoms with Crippen molar-refractivity contribution in [3.05, 3.63) is 83.2 Å². The summed E-state index contributed by atoms with van der Waals surface area (Å²) in [4.78, 5) is 30.1. The number of aromatic nitrogens is 1. The molecule has 32 heavy (non-hydrogen) atoms. The lowest BCUT2D eigenvalue weighted by Crippen LogP contribution is -2.31. The van der Waals surface area contributed by atoms with Crippen molar-refractivity contribution < 1.29 is 22.7 Å². The van der Waals surface area contributed by atoms with Crippen LogP contribution in [0.15, 0.2) is 65.7 Å². The number of fused-ring (bicyclic) bond motifs is 1. The molecular formula is C23H21N3O5S. The molecule has 0 saturated carbocycles. The maximum Gasteiger partial charge on any atom is 0.280 e. The lowest BCUT2D eigenvalue weighted by atomic mass is 10.1. The number of benzene rings is 2. The summed E-state index contributed by atoms with van der Waals surface area (Å²) >= 11 is 0. The Balaban J connectivity index is 1.45. The molecule has 4 rings (SSSR count). The van der Waals surface area contributed by atoms with Crippen LogP contribution in [0, 0.1) is 6.92 Å². The Labute approximate surface area is 185 Å². The second-order valence-corrected chi connectivity index (χ2v) is 9.05. The van der Waals surface area contributed by atoms with Crippen molar-refractivity contribution in [3.8, 4) is 5.75 Å². The van der Waals surface area contributed by atoms with Gasteiger partial charge < -0.3 is 4.74 Å². The lowest BCUT2D eigenvalue weighted by Gasteiger charge is -2.14. The van der Waals surface area contributed by atoms with Gasteiger partial charge in [0.15, 0.2) is 0 Å². The van der Waals surface area contributed by atoms with Gasteiger partial charge in [0.2, 0.25) is 0 Å². The van der Waals surface area contributed by atoms with Gasteiger partial charge >= 0.3 is 0 Å². The molecule has 0 fully saturated rings. The van der Waals surface area contributed by atoms with E-state index in [-0.39, 0.29) is 23.0 Å². The number of rotatable bonds is 7. The summed E-state index contributed by atoms with van der Waals surface area (Å²) in [5, 5.41) is 0. The predicted octanol–water partition coefficient (Wildman–Crippen LogP) is 3.04. The van der Waals surface area contributed by atoms with Crippen LogP contribution < -0.4 is 9.46 Å². The zero-order valence-corrected chi connectivity index (χ0v) is 18.3. The number of carbonyl (C=O) groups is 2. The molecule has 1 aromatic heterocycles. The molecule has 2 amide bonds. The van der Waals surface area contributed by atoms with E-state index in [1.165, 1.54) is 25.4 Å². The summed E-state index contributed by atoms with van der Waals surface area (Å²) in [6.45, 7) is 2.04. The van der Waals surface area contributed by atoms with Crippen LogP contribution in [0.1, 0.15) is 32.0 Å². The average Bonchev–Trinajstić information content (AvgIpc) is 3.02. The maximum atomic E-state index is 12.8. The topological polar surface area (TPSA) is 106 Å². The van der Waals surface area contributed by atoms with E-state index < -0.39 is 15.9 Å². The number of amides is 2. The third-order valence-electron chi connectivity index (χ3n) is 5.19. The number of imide groups is 1. The minimum atomic E-state index is -3.82. The van der Waals surface area contributed by atoms with Crippen molar-refractivity contribution in [1.82, 2.24) is 9.88 Å². The number of pyridine rings is 1. The standard InChI is InChI=1S/C23H21N3O5S/c1-15-5-10-20(31-2)19(14-15)25-32(29,30)17-8-6-16(7-9-17)11-13-26-22(27)18-4-3-12-24-21(18)23(26)28/h3-10,12,14,25H,11,13H2,1-2H3. The Kier molecular flexibility index (Phi) is 5.67. The number of nitrogens with one attached hydrogen (secondary N) is 1. The Morgan fingerprint density at radius 3 is 2.47 bits per heavy atom. The first-order valence-electron chi connectivity index (χ1n) is 9.88. The van der Waals surface area contributed by atoms with E-state index in [2.05, 4.69) is 9.71 Å². The summed E-state index contributed by atoms with van der Waals surface area (Å²) in [7, 11) is -2.35. The van der Waals surface area contributed by atoms with Crippen LogP contribution in [-0.4, -0.2) is 43.8 Å². The smallest absolute Gasteiger partial charge is 0.280 e. The maximum absolute atomic E-state index is 12.8. The van der Waals surface area contributed by atoms with E-state index in [9.17, 15) is 18.0 Å². The fraction of sp³-hybridized carbons (Fsp3) is 0.174. The summed E-state index contributed by atoms with van der Waals surface area (Å²) in [6, 6.07) is 14.7. The molecule has 0 atom stereocenters. The minimum Gasteiger partial charge on any atom is -0.495 e. The normalized spacial score (nSPS) is 13.2. The zero-order chi connectivity index (χ0) is 22.9. The Bertz CT molecular complexity index is 1270. The highest BCUT2D eigenvalue weighted by atomic mass is 32.2. The van der Waals surface area contributed by atoms with Gasteiger partial charge in [0.1, 0.15) is 11.4 Å². The van der Waals surface area contributed by atoms with E-state index in [0.29, 0.717) is 23.4 Å². The summed E-state index contributed by atoms with van der Waals surface area (Å²) in [5.41, 5.74) is 2.51. The molecular weight excluding hydrogens is 430 g/mol. The third-order valence-corrected chi connectivity index (χ3v) is 6.57. The zero-order valence-electron chi connectivity index (χ0n) is 17.5. The molecule has 0 bridgehead atoms. The van der Waals surface area contributed by atoms with Gasteiger partial charge in [-0.1, -0.05) is 18.2 Å². The molecule has 3 aromatic rings. The van der Waals surface area contributed by atoms with Crippen LogP contribution in [0.4, 0.5) is 5.69 Å². The van der Waals surface area contributed by atoms with Gasteiger partial charge in [-0.2, -0.15) is 0 Å². The second-order valence-electron chi connectivity index (χ2n) is 7.36. The van der Waals surface area contributed by atoms with Crippen molar-refractivity contribution in [1.29, 1.82) is 0 Å². The molecule has 0 radical (unpaired) electrons. The van der Waals surface area contributed by atoms with Gasteiger partial charge in [-0.05, 0) is 60.9 Å². The Morgan fingerprint density at radius 1 is 1.03 bits per heavy atom. The van der Waals surface area contributed by atoms with Crippen LogP contribution in [0.5, 0.6) is 5.75 Å². The monoisotopic (exact) mass is 451 g/mol. The van der Waals surface area contributed by atoms with E-state index in [0.717, 1.165) is 16.0 Å². The molecule has 0 unspecified atom stereocenters. The van der Waals surface area contributed by atoms with E-state index in [1.54, 1.807) is 36.4 Å². The van der Waals surface area contributed by atoms with Gasteiger partial charge in [0.25, 0.3) is 21.8 Å². The number of carbonyl (C=O) groups excluding carboxylic acids is 2. The van der Waals surface area contributed by atoms with Gasteiger partial charge in [-0.15, -0.1) is 0 Å². The van der Waals surface area contributed by atoms with Crippen LogP contribution in [0.3, 0.4) is 0 Å². The number of sulfonamides is 1. The lowest BCUT2D eigenvalue weighted by molar-refractivity contribution is 0.0654. The highest BCUT2D eigenvalue weighted by Crippen LogP contribution is 2.28. The number of hydrogen-bond donors (Lipinski definition) is 1. The first kappa shape index (κ1) is 21.5. The molecule has 0 spiro atoms. The summed E-state index contributed by atoms with van der Waals surface area (Å²) in [6.07, 6.45) is 1.87. The van der Waals surface area contributed by atoms with Gasteiger partial charge in [0.05, 0.1) is 23.3 Å². The largest absolute Gasteiger partial charge is 0.495 e. The number of nitrogens with zero attached hydrogens (tertiary/aromatic N) is 2. The van der Waals surface area contributed by atoms with Crippen molar-refractivity contribution in [2.75, 3.05) is 18.4 Å². The minimum absolute atomic E-state index is 0.0924. The predicted molar refractivity (Wildman–Crippen MR) is 118 cm³/mol. The van der Waals surface area contributed by atoms with Gasteiger partial charge in [0, 0.05) is 12.7 Å². The van der Waals surface area contributed by atoms with Gasteiger partial charge in [-0.25, -0.2) is 8.42 Å². The van der Waals surface area contributed by atoms with Crippen LogP contribution in [0.2, 0.25) is 0 Å². The molecule has 2 heterocycles. The first-order chi connectivity index (χ1) is 15.3.